The van der Waals surface area contributed by atoms with Crippen molar-refractivity contribution in [2.24, 2.45) is 0 Å². The largest absolute Gasteiger partial charge is 0.457 e. The summed E-state index contributed by atoms with van der Waals surface area (Å²) in [6.07, 6.45) is 0. The predicted octanol–water partition coefficient (Wildman–Crippen LogP) is 14.4. The third-order valence-electron chi connectivity index (χ3n) is 12.2. The summed E-state index contributed by atoms with van der Waals surface area (Å²) in [4.78, 5) is 2.43. The molecule has 3 heteroatoms. The van der Waals surface area contributed by atoms with Gasteiger partial charge in [0.1, 0.15) is 11.5 Å². The monoisotopic (exact) mass is 740 g/mol. The van der Waals surface area contributed by atoms with Crippen molar-refractivity contribution in [3.63, 3.8) is 0 Å². The molecule has 12 rings (SSSR count). The van der Waals surface area contributed by atoms with E-state index in [2.05, 4.69) is 228 Å². The maximum absolute atomic E-state index is 6.71. The van der Waals surface area contributed by atoms with E-state index in [4.69, 9.17) is 4.74 Å². The Bertz CT molecular complexity index is 3170. The van der Waals surface area contributed by atoms with E-state index < -0.39 is 5.41 Å². The first-order valence-corrected chi connectivity index (χ1v) is 19.9. The van der Waals surface area contributed by atoms with Crippen LogP contribution < -0.4 is 9.64 Å². The molecule has 10 aromatic rings. The lowest BCUT2D eigenvalue weighted by Gasteiger charge is -2.40. The fraction of sp³-hybridized carbons (Fsp3) is 0.0182. The SMILES string of the molecule is c1ccc(N(c2ccc3c4ccccc4n(-c4ccccc4)c3c2)c2ccccc2-c2cccc3c2C2(c4ccccc4Oc4ccccc42)c2ccccc2-3)cc1. The van der Waals surface area contributed by atoms with Gasteiger partial charge in [-0.2, -0.15) is 0 Å². The Morgan fingerprint density at radius 2 is 0.931 bits per heavy atom. The Balaban J connectivity index is 1.15. The lowest BCUT2D eigenvalue weighted by Crippen LogP contribution is -2.32. The summed E-state index contributed by atoms with van der Waals surface area (Å²) in [5.41, 5.74) is 15.9. The van der Waals surface area contributed by atoms with E-state index in [0.29, 0.717) is 0 Å². The maximum Gasteiger partial charge on any atom is 0.132 e. The number of hydrogen-bond acceptors (Lipinski definition) is 2. The highest BCUT2D eigenvalue weighted by Crippen LogP contribution is 2.64. The fourth-order valence-corrected chi connectivity index (χ4v) is 9.99. The van der Waals surface area contributed by atoms with Gasteiger partial charge in [0.2, 0.25) is 0 Å². The van der Waals surface area contributed by atoms with E-state index in [0.717, 1.165) is 56.5 Å². The van der Waals surface area contributed by atoms with Gasteiger partial charge < -0.3 is 14.2 Å². The van der Waals surface area contributed by atoms with Crippen LogP contribution in [-0.4, -0.2) is 4.57 Å². The number of anilines is 3. The number of aromatic nitrogens is 1. The van der Waals surface area contributed by atoms with Gasteiger partial charge in [-0.15, -0.1) is 0 Å². The van der Waals surface area contributed by atoms with Crippen molar-refractivity contribution in [2.45, 2.75) is 5.41 Å². The summed E-state index contributed by atoms with van der Waals surface area (Å²) in [7, 11) is 0. The van der Waals surface area contributed by atoms with Gasteiger partial charge in [0.05, 0.1) is 22.1 Å². The highest BCUT2D eigenvalue weighted by molar-refractivity contribution is 6.10. The highest BCUT2D eigenvalue weighted by Gasteiger charge is 2.52. The van der Waals surface area contributed by atoms with Crippen molar-refractivity contribution < 1.29 is 4.74 Å². The molecular formula is C55H36N2O. The molecule has 0 N–H and O–H groups in total. The molecule has 0 saturated heterocycles. The lowest BCUT2D eigenvalue weighted by atomic mass is 9.64. The summed E-state index contributed by atoms with van der Waals surface area (Å²) in [5.74, 6) is 1.78. The van der Waals surface area contributed by atoms with Crippen LogP contribution >= 0.6 is 0 Å². The second kappa shape index (κ2) is 12.7. The van der Waals surface area contributed by atoms with Crippen molar-refractivity contribution in [2.75, 3.05) is 4.90 Å². The van der Waals surface area contributed by atoms with Gasteiger partial charge in [0, 0.05) is 44.5 Å². The molecule has 2 aliphatic rings. The minimum atomic E-state index is -0.603. The smallest absolute Gasteiger partial charge is 0.132 e. The summed E-state index contributed by atoms with van der Waals surface area (Å²) in [5, 5.41) is 2.46. The van der Waals surface area contributed by atoms with E-state index in [1.165, 1.54) is 44.1 Å². The first-order valence-electron chi connectivity index (χ1n) is 19.9. The van der Waals surface area contributed by atoms with Crippen LogP contribution in [0.15, 0.2) is 218 Å². The van der Waals surface area contributed by atoms with E-state index in [9.17, 15) is 0 Å². The van der Waals surface area contributed by atoms with Gasteiger partial charge in [0.15, 0.2) is 0 Å². The van der Waals surface area contributed by atoms with Gasteiger partial charge in [-0.1, -0.05) is 158 Å². The van der Waals surface area contributed by atoms with Crippen molar-refractivity contribution in [1.82, 2.24) is 4.57 Å². The lowest BCUT2D eigenvalue weighted by molar-refractivity contribution is 0.436. The Hall–Kier alpha value is -7.62. The Kier molecular flexibility index (Phi) is 7.14. The van der Waals surface area contributed by atoms with Crippen LogP contribution in [0.1, 0.15) is 22.3 Å². The standard InChI is InChI=1S/C55H36N2O/c1-3-18-37(19-4-1)56(39-34-35-43-41-23-8-14-31-50(41)57(51(43)36-39)38-20-5-2-6-21-38)49-30-13-9-24-42(49)45-26-17-25-44-40-22-7-10-27-46(40)55(54(44)45)47-28-11-15-32-52(47)58-53-33-16-12-29-48(53)55/h1-36H. The minimum Gasteiger partial charge on any atom is -0.457 e. The molecule has 3 nitrogen and oxygen atoms in total. The number of hydrogen-bond donors (Lipinski definition) is 0. The molecule has 1 aliphatic heterocycles. The summed E-state index contributed by atoms with van der Waals surface area (Å²) in [6, 6.07) is 79.1. The van der Waals surface area contributed by atoms with Gasteiger partial charge >= 0.3 is 0 Å². The molecule has 1 aromatic heterocycles. The van der Waals surface area contributed by atoms with Gasteiger partial charge in [-0.05, 0) is 88.5 Å². The zero-order valence-corrected chi connectivity index (χ0v) is 31.6. The average Bonchev–Trinajstić information content (AvgIpc) is 3.78. The third-order valence-corrected chi connectivity index (χ3v) is 12.2. The summed E-state index contributed by atoms with van der Waals surface area (Å²) < 4.78 is 9.10. The van der Waals surface area contributed by atoms with Crippen LogP contribution in [-0.2, 0) is 5.41 Å². The molecule has 0 bridgehead atoms. The van der Waals surface area contributed by atoms with Crippen LogP contribution in [0.4, 0.5) is 17.1 Å². The summed E-state index contributed by atoms with van der Waals surface area (Å²) in [6.45, 7) is 0. The Labute approximate surface area is 337 Å². The van der Waals surface area contributed by atoms with E-state index in [1.54, 1.807) is 0 Å². The Morgan fingerprint density at radius 3 is 1.69 bits per heavy atom. The third kappa shape index (κ3) is 4.56. The molecule has 0 unspecified atom stereocenters. The zero-order valence-electron chi connectivity index (χ0n) is 31.6. The van der Waals surface area contributed by atoms with E-state index in [1.807, 2.05) is 0 Å². The second-order valence-electron chi connectivity index (χ2n) is 15.2. The van der Waals surface area contributed by atoms with Gasteiger partial charge in [-0.3, -0.25) is 0 Å². The molecule has 58 heavy (non-hydrogen) atoms. The highest BCUT2D eigenvalue weighted by atomic mass is 16.5. The zero-order chi connectivity index (χ0) is 38.2. The van der Waals surface area contributed by atoms with Crippen LogP contribution in [0.3, 0.4) is 0 Å². The normalized spacial score (nSPS) is 13.1. The molecule has 9 aromatic carbocycles. The molecule has 0 radical (unpaired) electrons. The molecule has 0 amide bonds. The fourth-order valence-electron chi connectivity index (χ4n) is 9.99. The van der Waals surface area contributed by atoms with Crippen molar-refractivity contribution in [3.8, 4) is 39.4 Å². The average molecular weight is 741 g/mol. The predicted molar refractivity (Wildman–Crippen MR) is 238 cm³/mol. The molecule has 1 spiro atoms. The van der Waals surface area contributed by atoms with Crippen LogP contribution in [0.5, 0.6) is 11.5 Å². The number of benzene rings is 9. The number of ether oxygens (including phenoxy) is 1. The van der Waals surface area contributed by atoms with Gasteiger partial charge in [0.25, 0.3) is 0 Å². The Morgan fingerprint density at radius 1 is 0.379 bits per heavy atom. The van der Waals surface area contributed by atoms with E-state index >= 15 is 0 Å². The molecule has 0 fully saturated rings. The topological polar surface area (TPSA) is 17.4 Å². The number of para-hydroxylation sites is 6. The number of fused-ring (bicyclic) bond motifs is 12. The van der Waals surface area contributed by atoms with Crippen molar-refractivity contribution in [1.29, 1.82) is 0 Å². The van der Waals surface area contributed by atoms with E-state index in [-0.39, 0.29) is 0 Å². The first-order chi connectivity index (χ1) is 28.8. The first kappa shape index (κ1) is 32.6. The molecule has 1 aliphatic carbocycles. The minimum absolute atomic E-state index is 0.603. The summed E-state index contributed by atoms with van der Waals surface area (Å²) >= 11 is 0. The van der Waals surface area contributed by atoms with Crippen LogP contribution in [0.25, 0.3) is 49.7 Å². The van der Waals surface area contributed by atoms with Crippen LogP contribution in [0, 0.1) is 0 Å². The maximum atomic E-state index is 6.71. The van der Waals surface area contributed by atoms with Gasteiger partial charge in [-0.25, -0.2) is 0 Å². The molecule has 2 heterocycles. The quantitative estimate of drug-likeness (QED) is 0.175. The van der Waals surface area contributed by atoms with Crippen molar-refractivity contribution in [3.05, 3.63) is 241 Å². The van der Waals surface area contributed by atoms with Crippen molar-refractivity contribution >= 4 is 38.9 Å². The molecule has 0 atom stereocenters. The molecular weight excluding hydrogens is 705 g/mol. The second-order valence-corrected chi connectivity index (χ2v) is 15.2. The number of rotatable bonds is 5. The molecule has 0 saturated carbocycles. The number of nitrogens with zero attached hydrogens (tertiary/aromatic N) is 2. The van der Waals surface area contributed by atoms with Crippen LogP contribution in [0.2, 0.25) is 0 Å². The molecule has 272 valence electrons.